The molecule has 1 amide bonds. The van der Waals surface area contributed by atoms with E-state index in [0.29, 0.717) is 42.9 Å². The Hall–Kier alpha value is -3.75. The van der Waals surface area contributed by atoms with Gasteiger partial charge in [0.25, 0.3) is 5.56 Å². The van der Waals surface area contributed by atoms with Gasteiger partial charge in [-0.2, -0.15) is 5.26 Å². The summed E-state index contributed by atoms with van der Waals surface area (Å²) in [5.74, 6) is -1.20. The van der Waals surface area contributed by atoms with Crippen molar-refractivity contribution in [3.05, 3.63) is 78.4 Å². The Morgan fingerprint density at radius 2 is 1.87 bits per heavy atom. The van der Waals surface area contributed by atoms with E-state index in [2.05, 4.69) is 18.0 Å². The smallest absolute Gasteiger partial charge is 0.276 e. The van der Waals surface area contributed by atoms with Crippen LogP contribution in [0.25, 0.3) is 28.0 Å². The van der Waals surface area contributed by atoms with Gasteiger partial charge in [0.2, 0.25) is 5.91 Å². The lowest BCUT2D eigenvalue weighted by Gasteiger charge is -2.37. The van der Waals surface area contributed by atoms with Gasteiger partial charge < -0.3 is 20.9 Å². The number of nitrogens with one attached hydrogen (secondary N) is 1. The second-order valence-corrected chi connectivity index (χ2v) is 12.6. The van der Waals surface area contributed by atoms with Crippen LogP contribution in [0.15, 0.2) is 41.4 Å². The number of nitrogen functional groups attached to an aromatic ring is 1. The van der Waals surface area contributed by atoms with Crippen LogP contribution in [-0.2, 0) is 4.79 Å². The number of carbonyl (C=O) groups excluding carboxylic acids is 1. The van der Waals surface area contributed by atoms with Gasteiger partial charge in [-0.25, -0.2) is 9.37 Å². The summed E-state index contributed by atoms with van der Waals surface area (Å²) in [7, 11) is 0. The molecule has 0 saturated carbocycles. The monoisotopic (exact) mass is 689 g/mol. The number of halogens is 5. The fraction of sp³-hybridized carbons (Fsp3) is 0.290. The molecule has 45 heavy (non-hydrogen) atoms. The van der Waals surface area contributed by atoms with Crippen molar-refractivity contribution in [2.75, 3.05) is 36.8 Å². The molecular formula is C31H28Cl4FN7O2. The molecule has 0 spiro atoms. The molecule has 5 rings (SSSR count). The highest BCUT2D eigenvalue weighted by Gasteiger charge is 2.33. The van der Waals surface area contributed by atoms with Gasteiger partial charge in [0.15, 0.2) is 5.82 Å². The number of hydrogen-bond acceptors (Lipinski definition) is 7. The van der Waals surface area contributed by atoms with Crippen LogP contribution in [0.3, 0.4) is 0 Å². The fourth-order valence-corrected chi connectivity index (χ4v) is 6.88. The number of fused-ring (bicyclic) bond motifs is 1. The van der Waals surface area contributed by atoms with Gasteiger partial charge in [0.05, 0.1) is 43.9 Å². The van der Waals surface area contributed by atoms with Crippen molar-refractivity contribution in [3.8, 4) is 17.3 Å². The predicted molar refractivity (Wildman–Crippen MR) is 179 cm³/mol. The Morgan fingerprint density at radius 1 is 1.20 bits per heavy atom. The van der Waals surface area contributed by atoms with Gasteiger partial charge in [-0.15, -0.1) is 0 Å². The average Bonchev–Trinajstić information content (AvgIpc) is 3.02. The van der Waals surface area contributed by atoms with Gasteiger partial charge in [0.1, 0.15) is 22.3 Å². The summed E-state index contributed by atoms with van der Waals surface area (Å²) in [6.07, 6.45) is 4.87. The topological polar surface area (TPSA) is 120 Å². The Balaban J connectivity index is 1.90. The number of nitrogens with two attached hydrogens (primary N) is 1. The summed E-state index contributed by atoms with van der Waals surface area (Å²) in [5, 5.41) is 13.1. The Kier molecular flexibility index (Phi) is 9.11. The van der Waals surface area contributed by atoms with Crippen molar-refractivity contribution in [1.29, 1.82) is 5.26 Å². The van der Waals surface area contributed by atoms with E-state index in [1.54, 1.807) is 17.2 Å². The molecule has 1 fully saturated rings. The third-order valence-corrected chi connectivity index (χ3v) is 9.43. The number of pyridine rings is 2. The molecule has 2 aliphatic heterocycles. The number of amides is 1. The van der Waals surface area contributed by atoms with E-state index >= 15 is 4.39 Å². The quantitative estimate of drug-likeness (QED) is 0.136. The van der Waals surface area contributed by atoms with E-state index in [-0.39, 0.29) is 56.1 Å². The van der Waals surface area contributed by atoms with Gasteiger partial charge >= 0.3 is 0 Å². The van der Waals surface area contributed by atoms with Gasteiger partial charge in [-0.3, -0.25) is 14.2 Å². The molecule has 0 unspecified atom stereocenters. The second-order valence-electron chi connectivity index (χ2n) is 11.0. The molecule has 1 saturated heterocycles. The highest BCUT2D eigenvalue weighted by molar-refractivity contribution is 6.46. The zero-order valence-corrected chi connectivity index (χ0v) is 27.5. The Labute approximate surface area is 278 Å². The van der Waals surface area contributed by atoms with Crippen molar-refractivity contribution in [2.24, 2.45) is 5.92 Å². The van der Waals surface area contributed by atoms with Crippen molar-refractivity contribution in [3.63, 3.8) is 0 Å². The third kappa shape index (κ3) is 5.42. The molecule has 3 N–H and O–H groups in total. The summed E-state index contributed by atoms with van der Waals surface area (Å²) in [4.78, 5) is 35.0. The molecule has 1 aromatic carbocycles. The molecule has 0 bridgehead atoms. The fourth-order valence-electron chi connectivity index (χ4n) is 5.75. The second kappa shape index (κ2) is 12.6. The maximum absolute atomic E-state index is 15.1. The number of rotatable bonds is 5. The molecular weight excluding hydrogens is 663 g/mol. The zero-order chi connectivity index (χ0) is 32.9. The average molecular weight is 691 g/mol. The first-order valence-electron chi connectivity index (χ1n) is 13.9. The Bertz CT molecular complexity index is 1910. The van der Waals surface area contributed by atoms with Gasteiger partial charge in [0, 0.05) is 37.1 Å². The molecule has 0 radical (unpaired) electrons. The van der Waals surface area contributed by atoms with Gasteiger partial charge in [-0.05, 0) is 42.8 Å². The highest BCUT2D eigenvalue weighted by Crippen LogP contribution is 2.47. The number of nitrogens with zero attached hydrogens (tertiary/aromatic N) is 5. The van der Waals surface area contributed by atoms with Crippen molar-refractivity contribution < 1.29 is 9.18 Å². The van der Waals surface area contributed by atoms with Gasteiger partial charge in [-0.1, -0.05) is 66.8 Å². The maximum Gasteiger partial charge on any atom is 0.276 e. The van der Waals surface area contributed by atoms with E-state index in [4.69, 9.17) is 57.1 Å². The van der Waals surface area contributed by atoms with E-state index in [9.17, 15) is 14.9 Å². The lowest BCUT2D eigenvalue weighted by atomic mass is 9.94. The number of hydrogen-bond donors (Lipinski definition) is 2. The first-order chi connectivity index (χ1) is 21.3. The number of piperazine rings is 1. The Morgan fingerprint density at radius 3 is 2.47 bits per heavy atom. The largest absolute Gasteiger partial charge is 0.396 e. The molecule has 2 aromatic heterocycles. The van der Waals surface area contributed by atoms with Crippen LogP contribution in [0.4, 0.5) is 15.8 Å². The number of aromatic nitrogens is 2. The highest BCUT2D eigenvalue weighted by atomic mass is 35.5. The van der Waals surface area contributed by atoms with Crippen LogP contribution in [0.5, 0.6) is 0 Å². The molecule has 3 aromatic rings. The van der Waals surface area contributed by atoms with E-state index in [1.165, 1.54) is 10.6 Å². The maximum atomic E-state index is 15.1. The first kappa shape index (κ1) is 32.6. The standard InChI is InChI=1S/C31H28Cl4FN7O2/c1-5-19(44)41-8-10-42(11-9-41)29-16-12-18(32)27(20-21(33)24(36)23(35)25(38)22(20)34)40-30(16)43(31(45)17(29)13-37)28-15(4)6-7-39-26(28)14(2)3/h5-7,12,14,26,39H,1,8-11,38H2,2-4H3/t26-/m1/s1. The van der Waals surface area contributed by atoms with Crippen LogP contribution >= 0.6 is 46.4 Å². The first-order valence-corrected chi connectivity index (χ1v) is 15.5. The van der Waals surface area contributed by atoms with Crippen molar-refractivity contribution in [2.45, 2.75) is 26.8 Å². The predicted octanol–water partition coefficient (Wildman–Crippen LogP) is 6.48. The normalized spacial score (nSPS) is 16.8. The number of nitriles is 1. The minimum atomic E-state index is -1.00. The minimum absolute atomic E-state index is 0.0102. The van der Waals surface area contributed by atoms with Crippen LogP contribution in [0, 0.1) is 23.1 Å². The van der Waals surface area contributed by atoms with Crippen LogP contribution in [0.2, 0.25) is 20.1 Å². The summed E-state index contributed by atoms with van der Waals surface area (Å²) < 4.78 is 16.5. The van der Waals surface area contributed by atoms with Crippen molar-refractivity contribution >= 4 is 80.4 Å². The van der Waals surface area contributed by atoms with E-state index in [1.807, 2.05) is 31.7 Å². The molecule has 14 heteroatoms. The molecule has 4 heterocycles. The molecule has 234 valence electrons. The zero-order valence-electron chi connectivity index (χ0n) is 24.5. The summed E-state index contributed by atoms with van der Waals surface area (Å²) in [5.41, 5.74) is 6.68. The summed E-state index contributed by atoms with van der Waals surface area (Å²) >= 11 is 25.8. The number of benzene rings is 1. The van der Waals surface area contributed by atoms with Crippen LogP contribution < -0.4 is 21.5 Å². The minimum Gasteiger partial charge on any atom is -0.396 e. The lowest BCUT2D eigenvalue weighted by molar-refractivity contribution is -0.126. The lowest BCUT2D eigenvalue weighted by Crippen LogP contribution is -2.49. The summed E-state index contributed by atoms with van der Waals surface area (Å²) in [6, 6.07) is 3.33. The SMILES string of the molecule is C=CC(=O)N1CCN(c2c(C#N)c(=O)n(C3=C(C)C=CN[C@@H]3C(C)C)c3nc(-c4c(Cl)c(N)c(Cl)c(F)c4Cl)c(Cl)cc23)CC1. The molecule has 2 aliphatic rings. The number of allylic oxidation sites excluding steroid dienone is 2. The molecule has 0 aliphatic carbocycles. The van der Waals surface area contributed by atoms with Crippen LogP contribution in [-0.4, -0.2) is 52.6 Å². The van der Waals surface area contributed by atoms with E-state index < -0.39 is 21.4 Å². The third-order valence-electron chi connectivity index (χ3n) is 8.02. The van der Waals surface area contributed by atoms with Crippen molar-refractivity contribution in [1.82, 2.24) is 19.8 Å². The molecule has 9 nitrogen and oxygen atoms in total. The number of dihydropyridines is 1. The number of carbonyl (C=O) groups is 1. The van der Waals surface area contributed by atoms with E-state index in [0.717, 1.165) is 5.57 Å². The summed E-state index contributed by atoms with van der Waals surface area (Å²) in [6.45, 7) is 10.7. The van der Waals surface area contributed by atoms with Crippen LogP contribution in [0.1, 0.15) is 26.3 Å². The molecule has 1 atom stereocenters. The number of anilines is 2.